The summed E-state index contributed by atoms with van der Waals surface area (Å²) in [6, 6.07) is 28.6. The molecule has 3 aromatic heterocycles. The normalized spacial score (nSPS) is 11.6. The van der Waals surface area contributed by atoms with Gasteiger partial charge in [0, 0.05) is 39.2 Å². The number of rotatable bonds is 2. The molecule has 0 bridgehead atoms. The summed E-state index contributed by atoms with van der Waals surface area (Å²) in [5, 5.41) is 4.00. The number of fused-ring (bicyclic) bond motifs is 6. The van der Waals surface area contributed by atoms with Gasteiger partial charge in [0.2, 0.25) is 5.69 Å². The molecule has 0 N–H and O–H groups in total. The molecule has 7 aromatic rings. The van der Waals surface area contributed by atoms with Crippen LogP contribution < -0.4 is 4.57 Å². The molecule has 170 valence electrons. The van der Waals surface area contributed by atoms with Crippen LogP contribution in [0.15, 0.2) is 100.0 Å². The lowest BCUT2D eigenvalue weighted by Crippen LogP contribution is -2.30. The minimum absolute atomic E-state index is 0.607. The van der Waals surface area contributed by atoms with Gasteiger partial charge in [-0.05, 0) is 36.2 Å². The first-order valence-corrected chi connectivity index (χ1v) is 11.9. The highest BCUT2D eigenvalue weighted by Gasteiger charge is 2.21. The predicted octanol–water partition coefficient (Wildman–Crippen LogP) is 8.50. The van der Waals surface area contributed by atoms with E-state index >= 15 is 0 Å². The molecule has 0 fully saturated rings. The number of hydrogen-bond donors (Lipinski definition) is 0. The van der Waals surface area contributed by atoms with E-state index < -0.39 is 0 Å². The molecule has 0 unspecified atom stereocenters. The molecule has 4 nitrogen and oxygen atoms in total. The van der Waals surface area contributed by atoms with Gasteiger partial charge in [-0.25, -0.2) is 9.41 Å². The van der Waals surface area contributed by atoms with Crippen molar-refractivity contribution < 1.29 is 13.4 Å². The third kappa shape index (κ3) is 2.84. The molecular weight excluding hydrogens is 444 g/mol. The molecule has 0 radical (unpaired) electrons. The Hall–Kier alpha value is -4.88. The first-order chi connectivity index (χ1) is 17.6. The van der Waals surface area contributed by atoms with Crippen LogP contribution in [0.4, 0.5) is 5.69 Å². The average molecular weight is 466 g/mol. The Labute approximate surface area is 207 Å². The van der Waals surface area contributed by atoms with E-state index in [1.807, 2.05) is 36.4 Å². The van der Waals surface area contributed by atoms with Crippen molar-refractivity contribution in [2.75, 3.05) is 0 Å². The highest BCUT2D eigenvalue weighted by Crippen LogP contribution is 2.42. The maximum absolute atomic E-state index is 7.54. The van der Waals surface area contributed by atoms with Crippen molar-refractivity contribution in [3.63, 3.8) is 0 Å². The summed E-state index contributed by atoms with van der Waals surface area (Å²) in [6.45, 7) is 9.66. The summed E-state index contributed by atoms with van der Waals surface area (Å²) in [5.74, 6) is 0. The third-order valence-electron chi connectivity index (χ3n) is 7.09. The number of aromatic nitrogens is 1. The zero-order chi connectivity index (χ0) is 24.4. The lowest BCUT2D eigenvalue weighted by Gasteiger charge is -2.05. The molecule has 0 aliphatic rings. The summed E-state index contributed by atoms with van der Waals surface area (Å²) in [5.41, 5.74) is 9.27. The monoisotopic (exact) mass is 465 g/mol. The zero-order valence-electron chi connectivity index (χ0n) is 19.9. The minimum atomic E-state index is 0.607. The maximum Gasteiger partial charge on any atom is 0.216 e. The van der Waals surface area contributed by atoms with Crippen molar-refractivity contribution in [3.8, 4) is 22.4 Å². The molecule has 4 aromatic carbocycles. The molecule has 3 heterocycles. The molecule has 36 heavy (non-hydrogen) atoms. The number of nitrogens with zero attached hydrogens (tertiary/aromatic N) is 2. The van der Waals surface area contributed by atoms with Crippen LogP contribution in [0.25, 0.3) is 71.1 Å². The van der Waals surface area contributed by atoms with Gasteiger partial charge < -0.3 is 8.83 Å². The summed E-state index contributed by atoms with van der Waals surface area (Å²) in [6.07, 6.45) is 2.06. The van der Waals surface area contributed by atoms with Crippen LogP contribution in [-0.2, 0) is 7.05 Å². The van der Waals surface area contributed by atoms with E-state index in [9.17, 15) is 0 Å². The van der Waals surface area contributed by atoms with E-state index in [4.69, 9.17) is 15.4 Å². The highest BCUT2D eigenvalue weighted by molar-refractivity contribution is 6.15. The van der Waals surface area contributed by atoms with E-state index in [1.54, 1.807) is 0 Å². The van der Waals surface area contributed by atoms with E-state index in [0.717, 1.165) is 66.3 Å². The fourth-order valence-corrected chi connectivity index (χ4v) is 5.36. The van der Waals surface area contributed by atoms with Gasteiger partial charge in [-0.3, -0.25) is 0 Å². The third-order valence-corrected chi connectivity index (χ3v) is 7.09. The van der Waals surface area contributed by atoms with Crippen molar-refractivity contribution in [1.29, 1.82) is 0 Å². The molecule has 0 aliphatic carbocycles. The standard InChI is InChI=1S/C32H21N2O2/c1-19-13-15-23-22-9-6-8-21(31(22)36-32(23)29(19)26-11-4-5-17-34(26)3)20-14-16-24-28(18-20)35-27-12-7-10-25(33-2)30(24)27/h4-18H,1,3H3/q+1. The highest BCUT2D eigenvalue weighted by atomic mass is 16.3. The molecular formula is C32H21N2O2+. The van der Waals surface area contributed by atoms with Gasteiger partial charge in [-0.1, -0.05) is 54.6 Å². The molecule has 0 amide bonds. The van der Waals surface area contributed by atoms with E-state index in [-0.39, 0.29) is 0 Å². The molecule has 4 heteroatoms. The number of para-hydroxylation sites is 1. The number of hydrogen-bond acceptors (Lipinski definition) is 2. The van der Waals surface area contributed by atoms with E-state index in [1.165, 1.54) is 5.56 Å². The van der Waals surface area contributed by atoms with Gasteiger partial charge in [-0.2, -0.15) is 0 Å². The van der Waals surface area contributed by atoms with Crippen molar-refractivity contribution in [1.82, 2.24) is 0 Å². The molecule has 0 atom stereocenters. The van der Waals surface area contributed by atoms with Crippen LogP contribution in [0.2, 0.25) is 0 Å². The van der Waals surface area contributed by atoms with Crippen LogP contribution >= 0.6 is 0 Å². The topological polar surface area (TPSA) is 34.5 Å². The van der Waals surface area contributed by atoms with Crippen LogP contribution in [-0.4, -0.2) is 0 Å². The van der Waals surface area contributed by atoms with Crippen molar-refractivity contribution >= 4 is 49.6 Å². The molecule has 0 aliphatic heterocycles. The first-order valence-electron chi connectivity index (χ1n) is 11.9. The first kappa shape index (κ1) is 20.5. The van der Waals surface area contributed by atoms with Gasteiger partial charge >= 0.3 is 0 Å². The Kier molecular flexibility index (Phi) is 4.30. The Morgan fingerprint density at radius 3 is 2.44 bits per heavy atom. The second-order valence-corrected chi connectivity index (χ2v) is 9.19. The summed E-state index contributed by atoms with van der Waals surface area (Å²) < 4.78 is 15.0. The smallest absolute Gasteiger partial charge is 0.216 e. The lowest BCUT2D eigenvalue weighted by molar-refractivity contribution is -0.660. The van der Waals surface area contributed by atoms with E-state index in [0.29, 0.717) is 5.69 Å². The lowest BCUT2D eigenvalue weighted by atomic mass is 9.98. The summed E-state index contributed by atoms with van der Waals surface area (Å²) >= 11 is 0. The van der Waals surface area contributed by atoms with Crippen molar-refractivity contribution in [3.05, 3.63) is 108 Å². The SMILES string of the molecule is [C-]#[N+]c1cccc2oc3cc(-c4cccc5c4oc4c(-c6cccc[n+]6C)c(C)ccc45)ccc3c12. The quantitative estimate of drug-likeness (QED) is 0.189. The van der Waals surface area contributed by atoms with Gasteiger partial charge in [0.1, 0.15) is 29.4 Å². The van der Waals surface area contributed by atoms with Gasteiger partial charge in [0.05, 0.1) is 12.1 Å². The molecule has 0 saturated heterocycles. The summed E-state index contributed by atoms with van der Waals surface area (Å²) in [7, 11) is 2.06. The van der Waals surface area contributed by atoms with Crippen LogP contribution in [0.3, 0.4) is 0 Å². The molecule has 7 rings (SSSR count). The second kappa shape index (κ2) is 7.56. The predicted molar refractivity (Wildman–Crippen MR) is 144 cm³/mol. The Morgan fingerprint density at radius 1 is 0.750 bits per heavy atom. The van der Waals surface area contributed by atoms with Crippen LogP contribution in [0.1, 0.15) is 5.56 Å². The Bertz CT molecular complexity index is 2040. The van der Waals surface area contributed by atoms with Gasteiger partial charge in [-0.15, -0.1) is 0 Å². The number of aryl methyl sites for hydroxylation is 2. The fourth-order valence-electron chi connectivity index (χ4n) is 5.36. The number of benzene rings is 4. The van der Waals surface area contributed by atoms with Gasteiger partial charge in [0.15, 0.2) is 11.9 Å². The van der Waals surface area contributed by atoms with E-state index in [2.05, 4.69) is 78.1 Å². The maximum atomic E-state index is 7.54. The number of furan rings is 2. The van der Waals surface area contributed by atoms with Crippen LogP contribution in [0.5, 0.6) is 0 Å². The largest absolute Gasteiger partial charge is 0.457 e. The molecule has 0 saturated carbocycles. The van der Waals surface area contributed by atoms with Gasteiger partial charge in [0.25, 0.3) is 0 Å². The van der Waals surface area contributed by atoms with Crippen molar-refractivity contribution in [2.45, 2.75) is 6.92 Å². The average Bonchev–Trinajstić information content (AvgIpc) is 3.47. The van der Waals surface area contributed by atoms with Crippen LogP contribution in [0, 0.1) is 13.5 Å². The Morgan fingerprint density at radius 2 is 1.58 bits per heavy atom. The molecule has 0 spiro atoms. The van der Waals surface area contributed by atoms with Crippen molar-refractivity contribution in [2.24, 2.45) is 7.05 Å². The minimum Gasteiger partial charge on any atom is -0.457 e. The zero-order valence-corrected chi connectivity index (χ0v) is 19.9. The second-order valence-electron chi connectivity index (χ2n) is 9.19. The number of pyridine rings is 1. The fraction of sp³-hybridized carbons (Fsp3) is 0.0625. The Balaban J connectivity index is 1.50. The summed E-state index contributed by atoms with van der Waals surface area (Å²) in [4.78, 5) is 3.69.